The molecule has 2 aliphatic heterocycles. The highest BCUT2D eigenvalue weighted by Gasteiger charge is 2.41. The standard InChI is InChI=1S/C26H36N4O4S/c1-16(2)11-14-35-26-28-23(27)22-24(29-26)34-13-12-30(25(22)33)20-9-7-19(8-10-20)18-5-3-17(4-6-18)15-21(31)32/h7-10,16-18,22,24H,3-6,11-15H2,1-2H3,(H,31,32)(H2,27,28,29). The zero-order chi connectivity index (χ0) is 24.9. The summed E-state index contributed by atoms with van der Waals surface area (Å²) in [5.41, 5.74) is 8.32. The number of ether oxygens (including phenoxy) is 1. The summed E-state index contributed by atoms with van der Waals surface area (Å²) in [4.78, 5) is 35.2. The maximum absolute atomic E-state index is 13.5. The minimum absolute atomic E-state index is 0.134. The first kappa shape index (κ1) is 25.7. The number of carboxylic acids is 1. The molecule has 35 heavy (non-hydrogen) atoms. The molecule has 1 aliphatic carbocycles. The number of aliphatic imine (C=N–C) groups is 2. The molecule has 1 amide bonds. The number of fused-ring (bicyclic) bond motifs is 1. The van der Waals surface area contributed by atoms with Gasteiger partial charge in [0.1, 0.15) is 11.8 Å². The van der Waals surface area contributed by atoms with E-state index in [2.05, 4.69) is 36.0 Å². The number of rotatable bonds is 7. The van der Waals surface area contributed by atoms with Crippen LogP contribution >= 0.6 is 11.8 Å². The number of hydrogen-bond donors (Lipinski definition) is 2. The number of carbonyl (C=O) groups excluding carboxylic acids is 1. The zero-order valence-corrected chi connectivity index (χ0v) is 21.4. The van der Waals surface area contributed by atoms with E-state index in [1.165, 1.54) is 5.56 Å². The van der Waals surface area contributed by atoms with E-state index < -0.39 is 18.1 Å². The molecule has 2 fully saturated rings. The van der Waals surface area contributed by atoms with Crippen molar-refractivity contribution < 1.29 is 19.4 Å². The molecule has 4 rings (SSSR count). The maximum Gasteiger partial charge on any atom is 0.303 e. The Balaban J connectivity index is 1.40. The van der Waals surface area contributed by atoms with E-state index in [0.29, 0.717) is 30.2 Å². The smallest absolute Gasteiger partial charge is 0.303 e. The summed E-state index contributed by atoms with van der Waals surface area (Å²) < 4.78 is 5.95. The van der Waals surface area contributed by atoms with Crippen molar-refractivity contribution >= 4 is 40.3 Å². The summed E-state index contributed by atoms with van der Waals surface area (Å²) in [6.07, 6.45) is 4.58. The summed E-state index contributed by atoms with van der Waals surface area (Å²) in [5, 5.41) is 9.62. The van der Waals surface area contributed by atoms with E-state index in [-0.39, 0.29) is 24.1 Å². The monoisotopic (exact) mass is 500 g/mol. The van der Waals surface area contributed by atoms with Crippen molar-refractivity contribution in [3.63, 3.8) is 0 Å². The van der Waals surface area contributed by atoms with Gasteiger partial charge in [-0.15, -0.1) is 0 Å². The topological polar surface area (TPSA) is 118 Å². The largest absolute Gasteiger partial charge is 0.481 e. The van der Waals surface area contributed by atoms with Gasteiger partial charge < -0.3 is 20.5 Å². The first-order valence-electron chi connectivity index (χ1n) is 12.6. The fourth-order valence-corrected chi connectivity index (χ4v) is 6.17. The summed E-state index contributed by atoms with van der Waals surface area (Å²) in [5.74, 6) is 0.933. The van der Waals surface area contributed by atoms with Gasteiger partial charge in [-0.3, -0.25) is 9.59 Å². The van der Waals surface area contributed by atoms with Crippen LogP contribution in [0.4, 0.5) is 5.69 Å². The Kier molecular flexibility index (Phi) is 8.49. The average Bonchev–Trinajstić information content (AvgIpc) is 2.98. The van der Waals surface area contributed by atoms with Gasteiger partial charge in [0.25, 0.3) is 0 Å². The lowest BCUT2D eigenvalue weighted by molar-refractivity contribution is -0.138. The van der Waals surface area contributed by atoms with Crippen molar-refractivity contribution in [1.82, 2.24) is 0 Å². The van der Waals surface area contributed by atoms with Gasteiger partial charge in [0.2, 0.25) is 5.91 Å². The molecule has 0 bridgehead atoms. The number of carbonyl (C=O) groups is 2. The molecule has 1 saturated heterocycles. The number of amidine groups is 2. The molecule has 0 aromatic heterocycles. The van der Waals surface area contributed by atoms with Crippen LogP contribution in [-0.4, -0.2) is 53.1 Å². The Morgan fingerprint density at radius 1 is 1.23 bits per heavy atom. The molecular weight excluding hydrogens is 464 g/mol. The van der Waals surface area contributed by atoms with Crippen LogP contribution in [0, 0.1) is 17.8 Å². The number of nitrogens with two attached hydrogens (primary N) is 1. The normalized spacial score (nSPS) is 27.2. The van der Waals surface area contributed by atoms with E-state index in [0.717, 1.165) is 43.5 Å². The van der Waals surface area contributed by atoms with Gasteiger partial charge in [0, 0.05) is 24.4 Å². The van der Waals surface area contributed by atoms with Crippen LogP contribution in [0.15, 0.2) is 34.3 Å². The molecule has 3 N–H and O–H groups in total. The third-order valence-corrected chi connectivity index (χ3v) is 8.01. The Bertz CT molecular complexity index is 970. The van der Waals surface area contributed by atoms with Crippen molar-refractivity contribution in [2.45, 2.75) is 64.5 Å². The van der Waals surface area contributed by atoms with Crippen LogP contribution < -0.4 is 10.6 Å². The summed E-state index contributed by atoms with van der Waals surface area (Å²) >= 11 is 1.56. The Morgan fingerprint density at radius 2 is 1.94 bits per heavy atom. The summed E-state index contributed by atoms with van der Waals surface area (Å²) in [6, 6.07) is 8.16. The lowest BCUT2D eigenvalue weighted by atomic mass is 9.77. The van der Waals surface area contributed by atoms with Crippen LogP contribution in [0.2, 0.25) is 0 Å². The molecule has 0 spiro atoms. The van der Waals surface area contributed by atoms with Gasteiger partial charge in [-0.25, -0.2) is 9.98 Å². The highest BCUT2D eigenvalue weighted by Crippen LogP contribution is 2.38. The minimum Gasteiger partial charge on any atom is -0.481 e. The van der Waals surface area contributed by atoms with Gasteiger partial charge >= 0.3 is 5.97 Å². The SMILES string of the molecule is CC(C)CCSC1=NC2OCCN(c3ccc(C4CCC(CC(=O)O)CC4)cc3)C(=O)C2C(N)=N1. The van der Waals surface area contributed by atoms with Crippen LogP contribution in [-0.2, 0) is 14.3 Å². The van der Waals surface area contributed by atoms with E-state index >= 15 is 0 Å². The lowest BCUT2D eigenvalue weighted by Crippen LogP contribution is -2.47. The summed E-state index contributed by atoms with van der Waals surface area (Å²) in [6.45, 7) is 5.17. The van der Waals surface area contributed by atoms with Crippen molar-refractivity contribution in [2.24, 2.45) is 33.5 Å². The van der Waals surface area contributed by atoms with Crippen LogP contribution in [0.3, 0.4) is 0 Å². The Labute approximate surface area is 211 Å². The van der Waals surface area contributed by atoms with Gasteiger partial charge in [0.15, 0.2) is 11.4 Å². The molecule has 2 unspecified atom stereocenters. The number of hydrogen-bond acceptors (Lipinski definition) is 7. The number of aliphatic carboxylic acids is 1. The fraction of sp³-hybridized carbons (Fsp3) is 0.615. The Morgan fingerprint density at radius 3 is 2.60 bits per heavy atom. The molecule has 2 atom stereocenters. The van der Waals surface area contributed by atoms with Gasteiger partial charge in [-0.1, -0.05) is 37.7 Å². The maximum atomic E-state index is 13.5. The van der Waals surface area contributed by atoms with E-state index in [9.17, 15) is 9.59 Å². The van der Waals surface area contributed by atoms with Crippen LogP contribution in [0.5, 0.6) is 0 Å². The molecule has 0 radical (unpaired) electrons. The second-order valence-corrected chi connectivity index (χ2v) is 11.2. The predicted octanol–water partition coefficient (Wildman–Crippen LogP) is 4.25. The highest BCUT2D eigenvalue weighted by atomic mass is 32.2. The van der Waals surface area contributed by atoms with Gasteiger partial charge in [0.05, 0.1) is 6.61 Å². The molecule has 2 heterocycles. The first-order valence-corrected chi connectivity index (χ1v) is 13.6. The van der Waals surface area contributed by atoms with Crippen LogP contribution in [0.25, 0.3) is 0 Å². The second kappa shape index (κ2) is 11.6. The number of nitrogens with zero attached hydrogens (tertiary/aromatic N) is 3. The average molecular weight is 501 g/mol. The van der Waals surface area contributed by atoms with Crippen molar-refractivity contribution in [2.75, 3.05) is 23.8 Å². The molecule has 190 valence electrons. The second-order valence-electron chi connectivity index (χ2n) is 10.1. The van der Waals surface area contributed by atoms with E-state index in [4.69, 9.17) is 15.6 Å². The minimum atomic E-state index is -0.712. The molecule has 8 nitrogen and oxygen atoms in total. The van der Waals surface area contributed by atoms with Gasteiger partial charge in [-0.05, 0) is 67.6 Å². The number of benzene rings is 1. The quantitative estimate of drug-likeness (QED) is 0.578. The van der Waals surface area contributed by atoms with Crippen LogP contribution in [0.1, 0.15) is 63.9 Å². The summed E-state index contributed by atoms with van der Waals surface area (Å²) in [7, 11) is 0. The van der Waals surface area contributed by atoms with Gasteiger partial charge in [-0.2, -0.15) is 0 Å². The molecular formula is C26H36N4O4S. The van der Waals surface area contributed by atoms with Crippen molar-refractivity contribution in [3.8, 4) is 0 Å². The van der Waals surface area contributed by atoms with E-state index in [1.54, 1.807) is 16.7 Å². The first-order chi connectivity index (χ1) is 16.8. The third kappa shape index (κ3) is 6.44. The molecule has 9 heteroatoms. The molecule has 3 aliphatic rings. The molecule has 1 aromatic rings. The number of anilines is 1. The number of amides is 1. The number of thioether (sulfide) groups is 1. The highest BCUT2D eigenvalue weighted by molar-refractivity contribution is 8.13. The molecule has 1 saturated carbocycles. The Hall–Kier alpha value is -2.39. The fourth-order valence-electron chi connectivity index (χ4n) is 5.05. The van der Waals surface area contributed by atoms with E-state index in [1.807, 2.05) is 12.1 Å². The third-order valence-electron chi connectivity index (χ3n) is 7.11. The predicted molar refractivity (Wildman–Crippen MR) is 140 cm³/mol. The number of carboxylic acid groups (broad SMARTS) is 1. The van der Waals surface area contributed by atoms with Crippen molar-refractivity contribution in [3.05, 3.63) is 29.8 Å². The molecule has 1 aromatic carbocycles. The van der Waals surface area contributed by atoms with Crippen molar-refractivity contribution in [1.29, 1.82) is 0 Å². The zero-order valence-electron chi connectivity index (χ0n) is 20.6. The lowest BCUT2D eigenvalue weighted by Gasteiger charge is -2.29.